The molecule has 0 unspecified atom stereocenters. The van der Waals surface area contributed by atoms with Crippen molar-refractivity contribution in [2.75, 3.05) is 4.90 Å². The molecule has 1 aliphatic heterocycles. The second-order valence-corrected chi connectivity index (χ2v) is 13.2. The third-order valence-electron chi connectivity index (χ3n) is 10.0. The van der Waals surface area contributed by atoms with Crippen molar-refractivity contribution < 1.29 is 0 Å². The smallest absolute Gasteiger partial charge is 0.164 e. The first kappa shape index (κ1) is 30.6. The van der Waals surface area contributed by atoms with Gasteiger partial charge in [0.2, 0.25) is 0 Å². The molecular weight excluding hydrogens is 645 g/mol. The van der Waals surface area contributed by atoms with Gasteiger partial charge in [-0.2, -0.15) is 0 Å². The van der Waals surface area contributed by atoms with Crippen LogP contribution >= 0.6 is 0 Å². The molecule has 0 saturated heterocycles. The zero-order chi connectivity index (χ0) is 35.1. The summed E-state index contributed by atoms with van der Waals surface area (Å²) in [5, 5.41) is 2.47. The summed E-state index contributed by atoms with van der Waals surface area (Å²) in [6.07, 6.45) is 0. The monoisotopic (exact) mass is 676 g/mol. The molecule has 2 heterocycles. The second kappa shape index (κ2) is 12.9. The van der Waals surface area contributed by atoms with E-state index in [4.69, 9.17) is 15.0 Å². The molecule has 0 atom stereocenters. The Morgan fingerprint density at radius 2 is 0.830 bits per heavy atom. The summed E-state index contributed by atoms with van der Waals surface area (Å²) in [6, 6.07) is 68.2. The minimum Gasteiger partial charge on any atom is -0.309 e. The average Bonchev–Trinajstić information content (AvgIpc) is 3.25. The molecule has 4 heteroatoms. The van der Waals surface area contributed by atoms with E-state index in [1.165, 1.54) is 38.7 Å². The van der Waals surface area contributed by atoms with Gasteiger partial charge in [0, 0.05) is 33.3 Å². The van der Waals surface area contributed by atoms with Crippen LogP contribution in [0.4, 0.5) is 17.1 Å². The fourth-order valence-corrected chi connectivity index (χ4v) is 7.65. The summed E-state index contributed by atoms with van der Waals surface area (Å²) in [5.74, 6) is 1.93. The molecule has 4 nitrogen and oxygen atoms in total. The van der Waals surface area contributed by atoms with Crippen LogP contribution < -0.4 is 4.90 Å². The number of anilines is 3. The molecule has 248 valence electrons. The molecule has 0 fully saturated rings. The molecule has 0 amide bonds. The minimum atomic E-state index is 0.634. The van der Waals surface area contributed by atoms with Crippen LogP contribution in [0.15, 0.2) is 194 Å². The number of hydrogen-bond donors (Lipinski definition) is 0. The van der Waals surface area contributed by atoms with Gasteiger partial charge in [0.1, 0.15) is 0 Å². The van der Waals surface area contributed by atoms with Crippen molar-refractivity contribution in [1.29, 1.82) is 0 Å². The van der Waals surface area contributed by atoms with Gasteiger partial charge in [-0.1, -0.05) is 164 Å². The Balaban J connectivity index is 1.19. The van der Waals surface area contributed by atoms with Crippen molar-refractivity contribution in [2.24, 2.45) is 0 Å². The van der Waals surface area contributed by atoms with Gasteiger partial charge in [-0.3, -0.25) is 0 Å². The van der Waals surface area contributed by atoms with Crippen molar-refractivity contribution in [3.63, 3.8) is 0 Å². The van der Waals surface area contributed by atoms with Gasteiger partial charge in [-0.25, -0.2) is 15.0 Å². The highest BCUT2D eigenvalue weighted by atomic mass is 15.2. The van der Waals surface area contributed by atoms with Crippen LogP contribution in [0.5, 0.6) is 0 Å². The normalized spacial score (nSPS) is 11.7. The fraction of sp³-hybridized carbons (Fsp3) is 0. The molecule has 0 radical (unpaired) electrons. The quantitative estimate of drug-likeness (QED) is 0.176. The van der Waals surface area contributed by atoms with E-state index in [9.17, 15) is 0 Å². The minimum absolute atomic E-state index is 0.634. The molecule has 10 rings (SSSR count). The topological polar surface area (TPSA) is 41.9 Å². The Kier molecular flexibility index (Phi) is 7.43. The van der Waals surface area contributed by atoms with Gasteiger partial charge in [-0.05, 0) is 63.5 Å². The van der Waals surface area contributed by atoms with Gasteiger partial charge < -0.3 is 4.90 Å². The first-order valence-electron chi connectivity index (χ1n) is 17.9. The number of hydrogen-bond acceptors (Lipinski definition) is 4. The molecule has 0 saturated carbocycles. The van der Waals surface area contributed by atoms with Gasteiger partial charge in [0.15, 0.2) is 17.5 Å². The Morgan fingerprint density at radius 1 is 0.321 bits per heavy atom. The highest BCUT2D eigenvalue weighted by Crippen LogP contribution is 2.55. The lowest BCUT2D eigenvalue weighted by Crippen LogP contribution is -2.15. The largest absolute Gasteiger partial charge is 0.309 e. The van der Waals surface area contributed by atoms with E-state index in [0.717, 1.165) is 39.2 Å². The van der Waals surface area contributed by atoms with Crippen molar-refractivity contribution >= 4 is 27.8 Å². The van der Waals surface area contributed by atoms with Crippen LogP contribution in [0.2, 0.25) is 0 Å². The van der Waals surface area contributed by atoms with Crippen LogP contribution in [-0.4, -0.2) is 15.0 Å². The number of fused-ring (bicyclic) bond motifs is 2. The van der Waals surface area contributed by atoms with E-state index in [0.29, 0.717) is 17.5 Å². The molecule has 0 spiro atoms. The number of nitrogens with zero attached hydrogens (tertiary/aromatic N) is 4. The van der Waals surface area contributed by atoms with Crippen LogP contribution in [-0.2, 0) is 0 Å². The van der Waals surface area contributed by atoms with Crippen molar-refractivity contribution in [3.05, 3.63) is 194 Å². The molecule has 0 N–H and O–H groups in total. The second-order valence-electron chi connectivity index (χ2n) is 13.2. The third kappa shape index (κ3) is 5.36. The van der Waals surface area contributed by atoms with Crippen LogP contribution in [0.25, 0.3) is 78.3 Å². The Hall–Kier alpha value is -7.17. The summed E-state index contributed by atoms with van der Waals surface area (Å²) in [5.41, 5.74) is 13.3. The summed E-state index contributed by atoms with van der Waals surface area (Å²) < 4.78 is 0. The van der Waals surface area contributed by atoms with Gasteiger partial charge in [0.05, 0.1) is 11.4 Å². The van der Waals surface area contributed by atoms with E-state index in [1.807, 2.05) is 60.7 Å². The number of benzene rings is 8. The lowest BCUT2D eigenvalue weighted by molar-refractivity contribution is 1.07. The Labute approximate surface area is 308 Å². The van der Waals surface area contributed by atoms with E-state index >= 15 is 0 Å². The highest BCUT2D eigenvalue weighted by molar-refractivity contribution is 6.19. The lowest BCUT2D eigenvalue weighted by Gasteiger charge is -2.35. The van der Waals surface area contributed by atoms with Gasteiger partial charge in [0.25, 0.3) is 0 Å². The average molecular weight is 677 g/mol. The maximum atomic E-state index is 5.04. The predicted octanol–water partition coefficient (Wildman–Crippen LogP) is 12.8. The first-order chi connectivity index (χ1) is 26.3. The van der Waals surface area contributed by atoms with Crippen LogP contribution in [0, 0.1) is 0 Å². The zero-order valence-corrected chi connectivity index (χ0v) is 28.8. The van der Waals surface area contributed by atoms with Crippen molar-refractivity contribution in [1.82, 2.24) is 15.0 Å². The first-order valence-corrected chi connectivity index (χ1v) is 17.9. The SMILES string of the molecule is c1ccc(-c2nc(-c3ccccc3)nc(-c3cccc(-c4cccc5c4-c4cccc6c(-c7ccccc7)ccc(c46)N5c4ccccc4)c3)n2)cc1. The van der Waals surface area contributed by atoms with E-state index in [-0.39, 0.29) is 0 Å². The van der Waals surface area contributed by atoms with E-state index in [1.54, 1.807) is 0 Å². The third-order valence-corrected chi connectivity index (χ3v) is 10.0. The number of para-hydroxylation sites is 1. The van der Waals surface area contributed by atoms with Crippen molar-refractivity contribution in [2.45, 2.75) is 0 Å². The molecule has 0 aliphatic carbocycles. The maximum Gasteiger partial charge on any atom is 0.164 e. The molecule has 8 aromatic carbocycles. The van der Waals surface area contributed by atoms with Crippen LogP contribution in [0.1, 0.15) is 0 Å². The molecule has 53 heavy (non-hydrogen) atoms. The highest BCUT2D eigenvalue weighted by Gasteiger charge is 2.29. The van der Waals surface area contributed by atoms with Crippen molar-refractivity contribution in [3.8, 4) is 67.5 Å². The lowest BCUT2D eigenvalue weighted by atomic mass is 9.84. The summed E-state index contributed by atoms with van der Waals surface area (Å²) in [6.45, 7) is 0. The Morgan fingerprint density at radius 3 is 1.49 bits per heavy atom. The molecule has 1 aromatic heterocycles. The van der Waals surface area contributed by atoms with E-state index in [2.05, 4.69) is 138 Å². The van der Waals surface area contributed by atoms with Gasteiger partial charge >= 0.3 is 0 Å². The summed E-state index contributed by atoms with van der Waals surface area (Å²) in [7, 11) is 0. The molecular formula is C49H32N4. The molecule has 1 aliphatic rings. The summed E-state index contributed by atoms with van der Waals surface area (Å²) in [4.78, 5) is 17.4. The molecule has 9 aromatic rings. The predicted molar refractivity (Wildman–Crippen MR) is 218 cm³/mol. The number of aromatic nitrogens is 3. The molecule has 0 bridgehead atoms. The number of rotatable bonds is 6. The standard InChI is InChI=1S/C49H32N4/c1-5-16-33(17-6-1)39-30-31-44-46-41(39)27-14-28-42(46)45-40(26-15-29-43(45)53(44)38-24-11-4-12-25-38)36-22-13-23-37(32-36)49-51-47(34-18-7-2-8-19-34)50-48(52-49)35-20-9-3-10-21-35/h1-32H. The fourth-order valence-electron chi connectivity index (χ4n) is 7.65. The van der Waals surface area contributed by atoms with Crippen LogP contribution in [0.3, 0.4) is 0 Å². The maximum absolute atomic E-state index is 5.04. The Bertz CT molecular complexity index is 2710. The summed E-state index contributed by atoms with van der Waals surface area (Å²) >= 11 is 0. The zero-order valence-electron chi connectivity index (χ0n) is 28.8. The van der Waals surface area contributed by atoms with E-state index < -0.39 is 0 Å². The van der Waals surface area contributed by atoms with Gasteiger partial charge in [-0.15, -0.1) is 0 Å².